The van der Waals surface area contributed by atoms with Crippen LogP contribution in [0, 0.1) is 0 Å². The summed E-state index contributed by atoms with van der Waals surface area (Å²) in [6, 6.07) is 15.2. The van der Waals surface area contributed by atoms with Gasteiger partial charge in [0.15, 0.2) is 0 Å². The van der Waals surface area contributed by atoms with E-state index in [9.17, 15) is 14.4 Å². The third-order valence-electron chi connectivity index (χ3n) is 5.85. The summed E-state index contributed by atoms with van der Waals surface area (Å²) in [5, 5.41) is 13.3. The Balaban J connectivity index is 1.58. The number of barbiturate groups is 1. The van der Waals surface area contributed by atoms with Crippen LogP contribution >= 0.6 is 0 Å². The Morgan fingerprint density at radius 1 is 0.848 bits per heavy atom. The zero-order valence-corrected chi connectivity index (χ0v) is 18.0. The summed E-state index contributed by atoms with van der Waals surface area (Å²) in [5.74, 6) is -0.128. The van der Waals surface area contributed by atoms with Gasteiger partial charge in [-0.05, 0) is 29.8 Å². The van der Waals surface area contributed by atoms with Crippen molar-refractivity contribution in [1.82, 2.24) is 20.4 Å². The molecular weight excluding hydrogens is 428 g/mol. The Morgan fingerprint density at radius 3 is 2.06 bits per heavy atom. The van der Waals surface area contributed by atoms with Crippen LogP contribution in [-0.2, 0) is 19.9 Å². The minimum atomic E-state index is -1.67. The molecule has 4 rings (SSSR count). The van der Waals surface area contributed by atoms with Gasteiger partial charge in [0.25, 0.3) is 11.8 Å². The number of amides is 4. The van der Waals surface area contributed by atoms with E-state index in [4.69, 9.17) is 14.6 Å². The lowest BCUT2D eigenvalue weighted by atomic mass is 9.84. The second-order valence-corrected chi connectivity index (χ2v) is 7.75. The maximum atomic E-state index is 13.2. The zero-order chi connectivity index (χ0) is 23.3. The third kappa shape index (κ3) is 4.74. The molecule has 2 aliphatic heterocycles. The van der Waals surface area contributed by atoms with Crippen molar-refractivity contribution in [1.29, 1.82) is 0 Å². The number of imide groups is 2. The molecule has 0 bridgehead atoms. The van der Waals surface area contributed by atoms with E-state index >= 15 is 0 Å². The molecule has 0 aromatic heterocycles. The molecule has 0 aliphatic carbocycles. The van der Waals surface area contributed by atoms with Crippen molar-refractivity contribution in [3.05, 3.63) is 60.2 Å². The summed E-state index contributed by atoms with van der Waals surface area (Å²) >= 11 is 0. The number of nitrogens with zero attached hydrogens (tertiary/aromatic N) is 2. The average molecular weight is 454 g/mol. The number of benzene rings is 2. The van der Waals surface area contributed by atoms with Gasteiger partial charge in [-0.25, -0.2) is 4.79 Å². The third-order valence-corrected chi connectivity index (χ3v) is 5.85. The van der Waals surface area contributed by atoms with Gasteiger partial charge in [-0.15, -0.1) is 0 Å². The van der Waals surface area contributed by atoms with Crippen molar-refractivity contribution in [2.24, 2.45) is 0 Å². The van der Waals surface area contributed by atoms with Crippen molar-refractivity contribution < 1.29 is 29.0 Å². The monoisotopic (exact) mass is 454 g/mol. The predicted molar refractivity (Wildman–Crippen MR) is 117 cm³/mol. The van der Waals surface area contributed by atoms with Gasteiger partial charge in [-0.3, -0.25) is 30.0 Å². The lowest BCUT2D eigenvalue weighted by molar-refractivity contribution is -0.150. The molecule has 10 heteroatoms. The summed E-state index contributed by atoms with van der Waals surface area (Å²) in [5.41, 5.74) is -1.23. The molecule has 4 amide bonds. The van der Waals surface area contributed by atoms with E-state index in [2.05, 4.69) is 15.5 Å². The van der Waals surface area contributed by atoms with Crippen LogP contribution in [-0.4, -0.2) is 78.9 Å². The number of aliphatic hydroxyl groups excluding tert-OH is 1. The normalized spacial score (nSPS) is 19.1. The van der Waals surface area contributed by atoms with Crippen LogP contribution in [0.3, 0.4) is 0 Å². The highest BCUT2D eigenvalue weighted by Crippen LogP contribution is 2.34. The van der Waals surface area contributed by atoms with Gasteiger partial charge in [-0.2, -0.15) is 0 Å². The Labute approximate surface area is 191 Å². The Morgan fingerprint density at radius 2 is 1.45 bits per heavy atom. The minimum Gasteiger partial charge on any atom is -0.457 e. The SMILES string of the molecule is O=C1NC(=O)C(c2ccc(Oc3ccccc3)cc2)(N2CCN(CCOCO)CC2)C(=O)N1. The molecule has 2 aliphatic rings. The molecular formula is C23H26N4O6. The molecule has 174 valence electrons. The van der Waals surface area contributed by atoms with Gasteiger partial charge in [0.1, 0.15) is 18.3 Å². The van der Waals surface area contributed by atoms with Crippen molar-refractivity contribution in [3.8, 4) is 11.5 Å². The first kappa shape index (κ1) is 22.9. The van der Waals surface area contributed by atoms with Crippen LogP contribution in [0.15, 0.2) is 54.6 Å². The average Bonchev–Trinajstić information content (AvgIpc) is 2.81. The summed E-state index contributed by atoms with van der Waals surface area (Å²) in [4.78, 5) is 42.1. The van der Waals surface area contributed by atoms with E-state index in [-0.39, 0.29) is 6.79 Å². The Hall–Kier alpha value is -3.31. The van der Waals surface area contributed by atoms with Crippen molar-refractivity contribution in [2.75, 3.05) is 46.1 Å². The van der Waals surface area contributed by atoms with E-state index in [1.165, 1.54) is 0 Å². The van der Waals surface area contributed by atoms with Crippen LogP contribution in [0.5, 0.6) is 11.5 Å². The van der Waals surface area contributed by atoms with E-state index < -0.39 is 23.4 Å². The Bertz CT molecular complexity index is 970. The first-order valence-corrected chi connectivity index (χ1v) is 10.7. The van der Waals surface area contributed by atoms with E-state index in [1.807, 2.05) is 30.3 Å². The maximum Gasteiger partial charge on any atom is 0.328 e. The van der Waals surface area contributed by atoms with Crippen LogP contribution in [0.25, 0.3) is 0 Å². The number of hydrogen-bond donors (Lipinski definition) is 3. The first-order chi connectivity index (χ1) is 16.0. The number of rotatable bonds is 8. The standard InChI is InChI=1S/C23H26N4O6/c28-16-32-15-14-26-10-12-27(13-11-26)23(20(29)24-22(31)25-21(23)30)17-6-8-19(9-7-17)33-18-4-2-1-3-5-18/h1-9,28H,10-16H2,(H2,24,25,29,30,31). The fourth-order valence-electron chi connectivity index (χ4n) is 4.21. The largest absolute Gasteiger partial charge is 0.457 e. The van der Waals surface area contributed by atoms with E-state index in [0.717, 1.165) is 0 Å². The number of urea groups is 1. The predicted octanol–water partition coefficient (Wildman–Crippen LogP) is 0.624. The highest BCUT2D eigenvalue weighted by molar-refractivity contribution is 6.22. The zero-order valence-electron chi connectivity index (χ0n) is 18.0. The number of carbonyl (C=O) groups is 3. The fourth-order valence-corrected chi connectivity index (χ4v) is 4.21. The fraction of sp³-hybridized carbons (Fsp3) is 0.348. The molecule has 0 atom stereocenters. The number of hydrogen-bond acceptors (Lipinski definition) is 8. The molecule has 10 nitrogen and oxygen atoms in total. The van der Waals surface area contributed by atoms with Gasteiger partial charge in [0.2, 0.25) is 5.54 Å². The van der Waals surface area contributed by atoms with Gasteiger partial charge in [0, 0.05) is 32.7 Å². The molecule has 2 fully saturated rings. The molecule has 2 aromatic carbocycles. The number of nitrogens with one attached hydrogen (secondary N) is 2. The molecule has 3 N–H and O–H groups in total. The number of piperazine rings is 1. The summed E-state index contributed by atoms with van der Waals surface area (Å²) in [6.45, 7) is 2.73. The van der Waals surface area contributed by atoms with Crippen LogP contribution < -0.4 is 15.4 Å². The molecule has 0 spiro atoms. The van der Waals surface area contributed by atoms with Crippen LogP contribution in [0.4, 0.5) is 4.79 Å². The summed E-state index contributed by atoms with van der Waals surface area (Å²) < 4.78 is 10.8. The van der Waals surface area contributed by atoms with Crippen LogP contribution in [0.1, 0.15) is 5.56 Å². The van der Waals surface area contributed by atoms with Gasteiger partial charge in [-0.1, -0.05) is 30.3 Å². The molecule has 0 saturated carbocycles. The molecule has 0 unspecified atom stereocenters. The van der Waals surface area contributed by atoms with E-state index in [1.54, 1.807) is 29.2 Å². The second kappa shape index (κ2) is 10.1. The first-order valence-electron chi connectivity index (χ1n) is 10.7. The smallest absolute Gasteiger partial charge is 0.328 e. The van der Waals surface area contributed by atoms with Crippen molar-refractivity contribution >= 4 is 17.8 Å². The molecule has 33 heavy (non-hydrogen) atoms. The highest BCUT2D eigenvalue weighted by atomic mass is 16.6. The summed E-state index contributed by atoms with van der Waals surface area (Å²) in [6.07, 6.45) is 0. The molecule has 2 saturated heterocycles. The molecule has 2 heterocycles. The quantitative estimate of drug-likeness (QED) is 0.302. The van der Waals surface area contributed by atoms with Gasteiger partial charge in [0.05, 0.1) is 6.61 Å². The number of aliphatic hydroxyl groups is 1. The van der Waals surface area contributed by atoms with Crippen LogP contribution in [0.2, 0.25) is 0 Å². The lowest BCUT2D eigenvalue weighted by Gasteiger charge is -2.46. The Kier molecular flexibility index (Phi) is 6.99. The number of carbonyl (C=O) groups excluding carboxylic acids is 3. The van der Waals surface area contributed by atoms with Crippen molar-refractivity contribution in [3.63, 3.8) is 0 Å². The second-order valence-electron chi connectivity index (χ2n) is 7.75. The van der Waals surface area contributed by atoms with Gasteiger partial charge >= 0.3 is 6.03 Å². The summed E-state index contributed by atoms with van der Waals surface area (Å²) in [7, 11) is 0. The molecule has 2 aromatic rings. The number of ether oxygens (including phenoxy) is 2. The minimum absolute atomic E-state index is 0.332. The number of para-hydroxylation sites is 1. The topological polar surface area (TPSA) is 120 Å². The lowest BCUT2D eigenvalue weighted by Crippen LogP contribution is -2.72. The van der Waals surface area contributed by atoms with Gasteiger partial charge < -0.3 is 14.6 Å². The maximum absolute atomic E-state index is 13.2. The van der Waals surface area contributed by atoms with Crippen molar-refractivity contribution in [2.45, 2.75) is 5.54 Å². The molecule has 0 radical (unpaired) electrons. The highest BCUT2D eigenvalue weighted by Gasteiger charge is 2.56. The van der Waals surface area contributed by atoms with E-state index in [0.29, 0.717) is 56.4 Å².